The molecule has 0 amide bonds. The van der Waals surface area contributed by atoms with Gasteiger partial charge in [0.05, 0.1) is 30.9 Å². The van der Waals surface area contributed by atoms with Crippen molar-refractivity contribution in [2.24, 2.45) is 10.8 Å². The minimum absolute atomic E-state index is 0.0427. The summed E-state index contributed by atoms with van der Waals surface area (Å²) in [6, 6.07) is 18.2. The smallest absolute Gasteiger partial charge is 0.244 e. The molecule has 0 aromatic heterocycles. The number of rotatable bonds is 7. The first-order chi connectivity index (χ1) is 17.3. The Bertz CT molecular complexity index is 1400. The van der Waals surface area contributed by atoms with Gasteiger partial charge < -0.3 is 15.2 Å². The molecule has 0 aliphatic carbocycles. The maximum atomic E-state index is 14.0. The average Bonchev–Trinajstić information content (AvgIpc) is 2.88. The van der Waals surface area contributed by atoms with E-state index >= 15 is 0 Å². The molecule has 188 valence electrons. The van der Waals surface area contributed by atoms with Crippen LogP contribution in [0.25, 0.3) is 0 Å². The topological polar surface area (TPSA) is 106 Å². The van der Waals surface area contributed by atoms with Crippen molar-refractivity contribution in [2.45, 2.75) is 17.4 Å². The highest BCUT2D eigenvalue weighted by Crippen LogP contribution is 2.42. The fourth-order valence-electron chi connectivity index (χ4n) is 4.22. The minimum atomic E-state index is -3.97. The summed E-state index contributed by atoms with van der Waals surface area (Å²) in [6.45, 7) is 0.205. The Morgan fingerprint density at radius 1 is 1.08 bits per heavy atom. The van der Waals surface area contributed by atoms with E-state index in [9.17, 15) is 8.42 Å². The van der Waals surface area contributed by atoms with Gasteiger partial charge in [-0.05, 0) is 71.7 Å². The lowest BCUT2D eigenvalue weighted by Gasteiger charge is -2.37. The molecule has 3 aromatic carbocycles. The second kappa shape index (κ2) is 10.8. The average molecular weight is 545 g/mol. The third-order valence-electron chi connectivity index (χ3n) is 5.86. The number of nitrogens with one attached hydrogen (secondary N) is 1. The maximum absolute atomic E-state index is 14.0. The monoisotopic (exact) mass is 544 g/mol. The summed E-state index contributed by atoms with van der Waals surface area (Å²) in [5, 5.41) is 4.89. The third kappa shape index (κ3) is 5.17. The summed E-state index contributed by atoms with van der Waals surface area (Å²) >= 11 is 11.0. The van der Waals surface area contributed by atoms with E-state index in [2.05, 4.69) is 10.5 Å². The highest BCUT2D eigenvalue weighted by Gasteiger charge is 2.40. The van der Waals surface area contributed by atoms with Crippen LogP contribution in [-0.2, 0) is 16.4 Å². The van der Waals surface area contributed by atoms with E-state index in [0.29, 0.717) is 39.8 Å². The van der Waals surface area contributed by atoms with Gasteiger partial charge in [-0.25, -0.2) is 8.42 Å². The van der Waals surface area contributed by atoms with Gasteiger partial charge in [0.15, 0.2) is 16.6 Å². The molecule has 1 aliphatic heterocycles. The predicted octanol–water partition coefficient (Wildman–Crippen LogP) is 3.88. The number of hydrogen-bond donors (Lipinski definition) is 2. The van der Waals surface area contributed by atoms with Crippen molar-refractivity contribution >= 4 is 44.7 Å². The Kier molecular flexibility index (Phi) is 7.79. The molecule has 3 aromatic rings. The number of halogens is 1. The van der Waals surface area contributed by atoms with E-state index in [1.165, 1.54) is 23.5 Å². The summed E-state index contributed by atoms with van der Waals surface area (Å²) in [4.78, 5) is 0.121. The predicted molar refractivity (Wildman–Crippen MR) is 144 cm³/mol. The summed E-state index contributed by atoms with van der Waals surface area (Å²) in [6.07, 6.45) is 0.462. The quantitative estimate of drug-likeness (QED) is 0.264. The van der Waals surface area contributed by atoms with E-state index < -0.39 is 16.1 Å². The first-order valence-corrected chi connectivity index (χ1v) is 13.2. The molecule has 3 N–H and O–H groups in total. The van der Waals surface area contributed by atoms with Crippen LogP contribution in [0.2, 0.25) is 5.02 Å². The van der Waals surface area contributed by atoms with E-state index in [4.69, 9.17) is 39.0 Å². The number of methoxy groups -OCH3 is 2. The molecular formula is C25H25ClN4O4S2. The van der Waals surface area contributed by atoms with Gasteiger partial charge in [-0.15, -0.1) is 0 Å². The number of fused-ring (bicyclic) bond motifs is 1. The Labute approximate surface area is 220 Å². The van der Waals surface area contributed by atoms with Crippen molar-refractivity contribution < 1.29 is 17.9 Å². The fourth-order valence-corrected chi connectivity index (χ4v) is 5.96. The van der Waals surface area contributed by atoms with E-state index in [-0.39, 0.29) is 16.6 Å². The first kappa shape index (κ1) is 25.9. The summed E-state index contributed by atoms with van der Waals surface area (Å²) < 4.78 is 40.4. The SMILES string of the molecule is COc1cc2c(cc1OC)C(/C(=N/NC(N)=S)c1ccccc1)N(S(=O)(=O)c1ccc(Cl)cc1)CC2. The second-order valence-electron chi connectivity index (χ2n) is 7.97. The molecule has 11 heteroatoms. The molecule has 8 nitrogen and oxygen atoms in total. The van der Waals surface area contributed by atoms with Gasteiger partial charge in [0, 0.05) is 11.6 Å². The van der Waals surface area contributed by atoms with Crippen molar-refractivity contribution in [3.05, 3.63) is 88.4 Å². The molecular weight excluding hydrogens is 520 g/mol. The fraction of sp³-hybridized carbons (Fsp3) is 0.200. The van der Waals surface area contributed by atoms with Crippen LogP contribution in [0.1, 0.15) is 22.7 Å². The number of nitrogens with zero attached hydrogens (tertiary/aromatic N) is 2. The van der Waals surface area contributed by atoms with Crippen LogP contribution in [0, 0.1) is 0 Å². The molecule has 0 radical (unpaired) electrons. The zero-order valence-corrected chi connectivity index (χ0v) is 22.0. The molecule has 0 fully saturated rings. The Morgan fingerprint density at radius 3 is 2.33 bits per heavy atom. The Balaban J connectivity index is 1.97. The largest absolute Gasteiger partial charge is 0.493 e. The molecule has 0 saturated heterocycles. The van der Waals surface area contributed by atoms with Crippen LogP contribution in [0.3, 0.4) is 0 Å². The third-order valence-corrected chi connectivity index (χ3v) is 8.09. The van der Waals surface area contributed by atoms with Crippen molar-refractivity contribution in [3.8, 4) is 11.5 Å². The highest BCUT2D eigenvalue weighted by atomic mass is 35.5. The molecule has 0 saturated carbocycles. The molecule has 1 atom stereocenters. The molecule has 0 spiro atoms. The lowest BCUT2D eigenvalue weighted by Crippen LogP contribution is -2.44. The van der Waals surface area contributed by atoms with Gasteiger partial charge in [-0.1, -0.05) is 41.9 Å². The first-order valence-electron chi connectivity index (χ1n) is 11.0. The van der Waals surface area contributed by atoms with Crippen molar-refractivity contribution in [3.63, 3.8) is 0 Å². The van der Waals surface area contributed by atoms with Gasteiger partial charge in [0.25, 0.3) is 0 Å². The molecule has 1 unspecified atom stereocenters. The molecule has 4 rings (SSSR count). The van der Waals surface area contributed by atoms with Crippen LogP contribution < -0.4 is 20.6 Å². The molecule has 36 heavy (non-hydrogen) atoms. The van der Waals surface area contributed by atoms with Gasteiger partial charge in [-0.3, -0.25) is 5.43 Å². The lowest BCUT2D eigenvalue weighted by atomic mass is 9.88. The summed E-state index contributed by atoms with van der Waals surface area (Å²) in [5.41, 5.74) is 11.1. The van der Waals surface area contributed by atoms with Gasteiger partial charge in [0.1, 0.15) is 0 Å². The normalized spacial score (nSPS) is 16.2. The summed E-state index contributed by atoms with van der Waals surface area (Å²) in [5.74, 6) is 1.03. The van der Waals surface area contributed by atoms with Gasteiger partial charge >= 0.3 is 0 Å². The van der Waals surface area contributed by atoms with Gasteiger partial charge in [-0.2, -0.15) is 9.41 Å². The van der Waals surface area contributed by atoms with E-state index in [1.807, 2.05) is 36.4 Å². The van der Waals surface area contributed by atoms with E-state index in [1.54, 1.807) is 25.3 Å². The van der Waals surface area contributed by atoms with Crippen LogP contribution >= 0.6 is 23.8 Å². The molecule has 1 heterocycles. The number of hydrazone groups is 1. The van der Waals surface area contributed by atoms with Gasteiger partial charge in [0.2, 0.25) is 10.0 Å². The zero-order valence-electron chi connectivity index (χ0n) is 19.6. The standard InChI is InChI=1S/C25H25ClN4O4S2/c1-33-21-14-17-12-13-30(36(31,32)19-10-8-18(26)9-11-19)24(20(17)15-22(21)34-2)23(28-29-25(27)35)16-6-4-3-5-7-16/h3-11,14-15,24H,12-13H2,1-2H3,(H3,27,29,35)/b28-23+. The number of hydrogen-bond acceptors (Lipinski definition) is 6. The Morgan fingerprint density at radius 2 is 1.72 bits per heavy atom. The van der Waals surface area contributed by atoms with Crippen molar-refractivity contribution in [2.75, 3.05) is 20.8 Å². The van der Waals surface area contributed by atoms with Crippen molar-refractivity contribution in [1.29, 1.82) is 0 Å². The van der Waals surface area contributed by atoms with E-state index in [0.717, 1.165) is 5.56 Å². The zero-order chi connectivity index (χ0) is 25.9. The summed E-state index contributed by atoms with van der Waals surface area (Å²) in [7, 11) is -0.875. The Hall–Kier alpha value is -3.18. The number of ether oxygens (including phenoxy) is 2. The molecule has 1 aliphatic rings. The number of benzene rings is 3. The second-order valence-corrected chi connectivity index (χ2v) is 10.7. The van der Waals surface area contributed by atoms with Crippen LogP contribution in [0.4, 0.5) is 0 Å². The minimum Gasteiger partial charge on any atom is -0.493 e. The maximum Gasteiger partial charge on any atom is 0.244 e. The van der Waals surface area contributed by atoms with Crippen molar-refractivity contribution in [1.82, 2.24) is 9.73 Å². The number of nitrogens with two attached hydrogens (primary N) is 1. The van der Waals surface area contributed by atoms with Crippen LogP contribution in [-0.4, -0.2) is 44.3 Å². The van der Waals surface area contributed by atoms with Crippen LogP contribution in [0.15, 0.2) is 76.7 Å². The lowest BCUT2D eigenvalue weighted by molar-refractivity contribution is 0.343. The number of sulfonamides is 1. The number of thiocarbonyl (C=S) groups is 1. The van der Waals surface area contributed by atoms with Crippen LogP contribution in [0.5, 0.6) is 11.5 Å². The molecule has 0 bridgehead atoms. The highest BCUT2D eigenvalue weighted by molar-refractivity contribution is 7.89.